The molecule has 0 saturated carbocycles. The van der Waals surface area contributed by atoms with Crippen molar-refractivity contribution in [2.75, 3.05) is 6.61 Å². The maximum atomic E-state index is 13.4. The van der Waals surface area contributed by atoms with Crippen molar-refractivity contribution in [3.8, 4) is 0 Å². The largest absolute Gasteiger partial charge is 0.376 e. The van der Waals surface area contributed by atoms with Crippen molar-refractivity contribution < 1.29 is 13.5 Å². The molecule has 1 aromatic carbocycles. The van der Waals surface area contributed by atoms with E-state index in [1.54, 1.807) is 0 Å². The SMILES string of the molecule is Fc1ccc(C2COCc3c(Cl)nc(Cl)nc32)cc1F. The van der Waals surface area contributed by atoms with E-state index < -0.39 is 11.6 Å². The second-order valence-corrected chi connectivity index (χ2v) is 5.08. The molecule has 3 nitrogen and oxygen atoms in total. The molecule has 0 radical (unpaired) electrons. The monoisotopic (exact) mass is 316 g/mol. The fourth-order valence-electron chi connectivity index (χ4n) is 2.21. The first-order valence-corrected chi connectivity index (χ1v) is 6.56. The quantitative estimate of drug-likeness (QED) is 0.594. The maximum absolute atomic E-state index is 13.4. The van der Waals surface area contributed by atoms with Gasteiger partial charge in [-0.2, -0.15) is 0 Å². The molecule has 0 N–H and O–H groups in total. The summed E-state index contributed by atoms with van der Waals surface area (Å²) in [4.78, 5) is 8.01. The first-order chi connectivity index (χ1) is 9.56. The van der Waals surface area contributed by atoms with E-state index in [4.69, 9.17) is 27.9 Å². The lowest BCUT2D eigenvalue weighted by Crippen LogP contribution is -2.20. The first kappa shape index (κ1) is 13.7. The molecule has 0 fully saturated rings. The van der Waals surface area contributed by atoms with Crippen molar-refractivity contribution in [1.82, 2.24) is 9.97 Å². The number of aromatic nitrogens is 2. The zero-order valence-electron chi connectivity index (χ0n) is 10.0. The Morgan fingerprint density at radius 3 is 2.70 bits per heavy atom. The second-order valence-electron chi connectivity index (χ2n) is 4.39. The molecule has 0 spiro atoms. The van der Waals surface area contributed by atoms with E-state index >= 15 is 0 Å². The topological polar surface area (TPSA) is 35.0 Å². The lowest BCUT2D eigenvalue weighted by molar-refractivity contribution is 0.0972. The van der Waals surface area contributed by atoms with E-state index in [-0.39, 0.29) is 23.0 Å². The van der Waals surface area contributed by atoms with Crippen LogP contribution in [-0.4, -0.2) is 16.6 Å². The van der Waals surface area contributed by atoms with Crippen LogP contribution in [0.5, 0.6) is 0 Å². The van der Waals surface area contributed by atoms with Crippen LogP contribution in [0, 0.1) is 11.6 Å². The summed E-state index contributed by atoms with van der Waals surface area (Å²) in [6.45, 7) is 0.563. The molecule has 0 aliphatic carbocycles. The predicted octanol–water partition coefficient (Wildman–Crippen LogP) is 3.72. The Kier molecular flexibility index (Phi) is 3.58. The Morgan fingerprint density at radius 2 is 1.95 bits per heavy atom. The average molecular weight is 317 g/mol. The van der Waals surface area contributed by atoms with Crippen molar-refractivity contribution in [2.45, 2.75) is 12.5 Å². The fourth-order valence-corrected chi connectivity index (χ4v) is 2.66. The van der Waals surface area contributed by atoms with Gasteiger partial charge in [0, 0.05) is 5.56 Å². The summed E-state index contributed by atoms with van der Waals surface area (Å²) in [5.41, 5.74) is 1.76. The van der Waals surface area contributed by atoms with E-state index in [9.17, 15) is 8.78 Å². The van der Waals surface area contributed by atoms with Gasteiger partial charge in [-0.15, -0.1) is 0 Å². The third kappa shape index (κ3) is 2.37. The van der Waals surface area contributed by atoms with Gasteiger partial charge in [-0.1, -0.05) is 17.7 Å². The molecular weight excluding hydrogens is 309 g/mol. The molecule has 1 aliphatic rings. The third-order valence-electron chi connectivity index (χ3n) is 3.17. The molecule has 104 valence electrons. The summed E-state index contributed by atoms with van der Waals surface area (Å²) < 4.78 is 31.8. The lowest BCUT2D eigenvalue weighted by atomic mass is 9.92. The van der Waals surface area contributed by atoms with Gasteiger partial charge in [0.1, 0.15) is 5.15 Å². The molecule has 3 rings (SSSR count). The van der Waals surface area contributed by atoms with Gasteiger partial charge in [0.2, 0.25) is 5.28 Å². The van der Waals surface area contributed by atoms with Crippen LogP contribution in [0.4, 0.5) is 8.78 Å². The fraction of sp³-hybridized carbons (Fsp3) is 0.231. The minimum atomic E-state index is -0.916. The van der Waals surface area contributed by atoms with E-state index in [0.29, 0.717) is 23.4 Å². The van der Waals surface area contributed by atoms with Crippen molar-refractivity contribution in [1.29, 1.82) is 0 Å². The highest BCUT2D eigenvalue weighted by molar-refractivity contribution is 6.32. The van der Waals surface area contributed by atoms with Gasteiger partial charge in [-0.3, -0.25) is 0 Å². The van der Waals surface area contributed by atoms with Crippen LogP contribution in [0.1, 0.15) is 22.7 Å². The highest BCUT2D eigenvalue weighted by Gasteiger charge is 2.27. The van der Waals surface area contributed by atoms with E-state index in [1.165, 1.54) is 6.07 Å². The number of rotatable bonds is 1. The third-order valence-corrected chi connectivity index (χ3v) is 3.65. The van der Waals surface area contributed by atoms with Gasteiger partial charge in [0.05, 0.1) is 24.8 Å². The van der Waals surface area contributed by atoms with Crippen LogP contribution in [0.2, 0.25) is 10.4 Å². The summed E-state index contributed by atoms with van der Waals surface area (Å²) in [6.07, 6.45) is 0. The number of halogens is 4. The van der Waals surface area contributed by atoms with Crippen molar-refractivity contribution in [3.63, 3.8) is 0 Å². The van der Waals surface area contributed by atoms with Gasteiger partial charge >= 0.3 is 0 Å². The number of ether oxygens (including phenoxy) is 1. The predicted molar refractivity (Wildman–Crippen MR) is 69.9 cm³/mol. The van der Waals surface area contributed by atoms with Gasteiger partial charge in [0.25, 0.3) is 0 Å². The van der Waals surface area contributed by atoms with Gasteiger partial charge in [-0.05, 0) is 29.3 Å². The Labute approximate surface area is 123 Å². The summed E-state index contributed by atoms with van der Waals surface area (Å²) in [6, 6.07) is 3.69. The first-order valence-electron chi connectivity index (χ1n) is 5.80. The molecule has 1 atom stereocenters. The molecule has 1 aliphatic heterocycles. The molecule has 20 heavy (non-hydrogen) atoms. The minimum Gasteiger partial charge on any atom is -0.376 e. The Bertz CT molecular complexity index is 682. The minimum absolute atomic E-state index is 0.0169. The molecule has 1 aromatic heterocycles. The summed E-state index contributed by atoms with van der Waals surface area (Å²) in [5.74, 6) is -2.17. The Balaban J connectivity index is 2.11. The summed E-state index contributed by atoms with van der Waals surface area (Å²) in [5, 5.41) is 0.232. The molecule has 0 saturated heterocycles. The standard InChI is InChI=1S/C13H8Cl2F2N2O/c14-12-8-5-20-4-7(11(8)18-13(15)19-12)6-1-2-9(16)10(17)3-6/h1-3,7H,4-5H2. The van der Waals surface area contributed by atoms with Crippen LogP contribution >= 0.6 is 23.2 Å². The maximum Gasteiger partial charge on any atom is 0.224 e. The molecule has 7 heteroatoms. The van der Waals surface area contributed by atoms with E-state index in [2.05, 4.69) is 9.97 Å². The Morgan fingerprint density at radius 1 is 1.15 bits per heavy atom. The van der Waals surface area contributed by atoms with E-state index in [0.717, 1.165) is 12.1 Å². The van der Waals surface area contributed by atoms with Crippen molar-refractivity contribution in [3.05, 3.63) is 57.1 Å². The number of benzene rings is 1. The van der Waals surface area contributed by atoms with Gasteiger partial charge in [-0.25, -0.2) is 18.7 Å². The molecular formula is C13H8Cl2F2N2O. The van der Waals surface area contributed by atoms with Crippen LogP contribution in [0.25, 0.3) is 0 Å². The smallest absolute Gasteiger partial charge is 0.224 e. The van der Waals surface area contributed by atoms with Crippen molar-refractivity contribution >= 4 is 23.2 Å². The molecule has 2 aromatic rings. The normalized spacial score (nSPS) is 17.9. The average Bonchev–Trinajstić information content (AvgIpc) is 2.41. The van der Waals surface area contributed by atoms with Crippen LogP contribution in [0.3, 0.4) is 0 Å². The highest BCUT2D eigenvalue weighted by Crippen LogP contribution is 2.34. The number of fused-ring (bicyclic) bond motifs is 1. The number of nitrogens with zero attached hydrogens (tertiary/aromatic N) is 2. The highest BCUT2D eigenvalue weighted by atomic mass is 35.5. The van der Waals surface area contributed by atoms with Crippen LogP contribution in [0.15, 0.2) is 18.2 Å². The van der Waals surface area contributed by atoms with Gasteiger partial charge in [0.15, 0.2) is 11.6 Å². The Hall–Kier alpha value is -1.30. The molecule has 0 amide bonds. The lowest BCUT2D eigenvalue weighted by Gasteiger charge is -2.25. The van der Waals surface area contributed by atoms with Gasteiger partial charge < -0.3 is 4.74 Å². The van der Waals surface area contributed by atoms with E-state index in [1.807, 2.05) is 0 Å². The summed E-state index contributed by atoms with van der Waals surface area (Å²) in [7, 11) is 0. The van der Waals surface area contributed by atoms with Crippen LogP contribution < -0.4 is 0 Å². The number of hydrogen-bond acceptors (Lipinski definition) is 3. The summed E-state index contributed by atoms with van der Waals surface area (Å²) >= 11 is 11.8. The van der Waals surface area contributed by atoms with Crippen LogP contribution in [-0.2, 0) is 11.3 Å². The molecule has 1 unspecified atom stereocenters. The molecule has 2 heterocycles. The number of hydrogen-bond donors (Lipinski definition) is 0. The van der Waals surface area contributed by atoms with Crippen molar-refractivity contribution in [2.24, 2.45) is 0 Å². The zero-order chi connectivity index (χ0) is 14.3. The molecule has 0 bridgehead atoms. The second kappa shape index (κ2) is 5.24. The zero-order valence-corrected chi connectivity index (χ0v) is 11.6.